The number of amides is 1. The van der Waals surface area contributed by atoms with Crippen molar-refractivity contribution in [2.75, 3.05) is 6.61 Å². The van der Waals surface area contributed by atoms with Crippen molar-refractivity contribution in [1.29, 1.82) is 0 Å². The van der Waals surface area contributed by atoms with E-state index in [1.54, 1.807) is 24.3 Å². The molecule has 132 valence electrons. The molecular formula is C20H22ClNO3. The van der Waals surface area contributed by atoms with Gasteiger partial charge in [-0.25, -0.2) is 0 Å². The predicted octanol–water partition coefficient (Wildman–Crippen LogP) is 3.56. The van der Waals surface area contributed by atoms with Crippen LogP contribution < -0.4 is 5.32 Å². The molecule has 2 aromatic carbocycles. The van der Waals surface area contributed by atoms with Crippen LogP contribution >= 0.6 is 11.6 Å². The molecule has 0 spiro atoms. The van der Waals surface area contributed by atoms with Crippen LogP contribution in [0.1, 0.15) is 24.5 Å². The number of hydrogen-bond donors (Lipinski definition) is 1. The number of hydrogen-bond acceptors (Lipinski definition) is 3. The van der Waals surface area contributed by atoms with Crippen molar-refractivity contribution in [3.8, 4) is 0 Å². The molecule has 0 bridgehead atoms. The normalized spacial score (nSPS) is 11.6. The van der Waals surface area contributed by atoms with Gasteiger partial charge in [0.25, 0.3) is 5.91 Å². The van der Waals surface area contributed by atoms with Gasteiger partial charge in [-0.15, -0.1) is 0 Å². The van der Waals surface area contributed by atoms with E-state index < -0.39 is 5.97 Å². The van der Waals surface area contributed by atoms with Crippen molar-refractivity contribution in [3.05, 3.63) is 70.7 Å². The fourth-order valence-corrected chi connectivity index (χ4v) is 2.51. The molecule has 0 aliphatic heterocycles. The predicted molar refractivity (Wildman–Crippen MR) is 98.5 cm³/mol. The second-order valence-corrected chi connectivity index (χ2v) is 6.39. The van der Waals surface area contributed by atoms with Gasteiger partial charge in [0, 0.05) is 11.1 Å². The third-order valence-corrected chi connectivity index (χ3v) is 3.99. The Labute approximate surface area is 153 Å². The van der Waals surface area contributed by atoms with E-state index in [2.05, 4.69) is 17.4 Å². The summed E-state index contributed by atoms with van der Waals surface area (Å²) in [4.78, 5) is 23.6. The number of benzene rings is 2. The van der Waals surface area contributed by atoms with Crippen molar-refractivity contribution in [2.24, 2.45) is 0 Å². The van der Waals surface area contributed by atoms with Crippen LogP contribution in [-0.2, 0) is 27.2 Å². The fraction of sp³-hybridized carbons (Fsp3) is 0.300. The zero-order valence-corrected chi connectivity index (χ0v) is 15.0. The highest BCUT2D eigenvalue weighted by Crippen LogP contribution is 2.10. The van der Waals surface area contributed by atoms with E-state index in [9.17, 15) is 9.59 Å². The van der Waals surface area contributed by atoms with Gasteiger partial charge in [0.2, 0.25) is 0 Å². The summed E-state index contributed by atoms with van der Waals surface area (Å²) in [7, 11) is 0. The number of nitrogens with one attached hydrogen (secondary N) is 1. The zero-order valence-electron chi connectivity index (χ0n) is 14.2. The van der Waals surface area contributed by atoms with Crippen LogP contribution in [0, 0.1) is 0 Å². The Morgan fingerprint density at radius 2 is 1.72 bits per heavy atom. The van der Waals surface area contributed by atoms with Gasteiger partial charge in [0.05, 0.1) is 6.42 Å². The highest BCUT2D eigenvalue weighted by Gasteiger charge is 2.11. The molecule has 4 nitrogen and oxygen atoms in total. The molecule has 1 atom stereocenters. The maximum absolute atomic E-state index is 11.9. The van der Waals surface area contributed by atoms with E-state index in [0.29, 0.717) is 5.02 Å². The van der Waals surface area contributed by atoms with Crippen LogP contribution in [0.15, 0.2) is 54.6 Å². The molecule has 0 aliphatic carbocycles. The lowest BCUT2D eigenvalue weighted by Gasteiger charge is -2.14. The molecule has 0 saturated carbocycles. The lowest BCUT2D eigenvalue weighted by molar-refractivity contribution is -0.148. The molecule has 0 fully saturated rings. The highest BCUT2D eigenvalue weighted by atomic mass is 35.5. The van der Waals surface area contributed by atoms with Gasteiger partial charge in [0.1, 0.15) is 0 Å². The summed E-state index contributed by atoms with van der Waals surface area (Å²) in [6.07, 6.45) is 1.83. The Balaban J connectivity index is 1.65. The van der Waals surface area contributed by atoms with Gasteiger partial charge in [-0.1, -0.05) is 54.1 Å². The van der Waals surface area contributed by atoms with E-state index >= 15 is 0 Å². The average molecular weight is 360 g/mol. The van der Waals surface area contributed by atoms with Gasteiger partial charge in [-0.2, -0.15) is 0 Å². The summed E-state index contributed by atoms with van der Waals surface area (Å²) in [6.45, 7) is 1.68. The van der Waals surface area contributed by atoms with Crippen molar-refractivity contribution in [2.45, 2.75) is 32.2 Å². The quantitative estimate of drug-likeness (QED) is 0.733. The molecule has 1 N–H and O–H groups in total. The summed E-state index contributed by atoms with van der Waals surface area (Å²) >= 11 is 5.80. The molecule has 2 rings (SSSR count). The summed E-state index contributed by atoms with van der Waals surface area (Å²) in [5.41, 5.74) is 2.03. The standard InChI is InChI=1S/C20H22ClNO3/c1-15(7-8-16-5-3-2-4-6-16)22-19(23)14-25-20(24)13-17-9-11-18(21)12-10-17/h2-6,9-12,15H,7-8,13-14H2,1H3,(H,22,23). The van der Waals surface area contributed by atoms with Gasteiger partial charge in [0.15, 0.2) is 6.61 Å². The number of esters is 1. The van der Waals surface area contributed by atoms with Crippen LogP contribution in [0.25, 0.3) is 0 Å². The molecule has 0 aliphatic rings. The minimum Gasteiger partial charge on any atom is -0.455 e. The monoisotopic (exact) mass is 359 g/mol. The number of halogens is 1. The molecule has 0 aromatic heterocycles. The fourth-order valence-electron chi connectivity index (χ4n) is 2.38. The first-order valence-electron chi connectivity index (χ1n) is 8.26. The lowest BCUT2D eigenvalue weighted by atomic mass is 10.1. The second kappa shape index (κ2) is 9.84. The van der Waals surface area contributed by atoms with Crippen LogP contribution in [0.3, 0.4) is 0 Å². The minimum atomic E-state index is -0.436. The Bertz CT molecular complexity index is 686. The average Bonchev–Trinajstić information content (AvgIpc) is 2.61. The SMILES string of the molecule is CC(CCc1ccccc1)NC(=O)COC(=O)Cc1ccc(Cl)cc1. The molecule has 0 heterocycles. The van der Waals surface area contributed by atoms with Gasteiger partial charge in [-0.3, -0.25) is 9.59 Å². The third kappa shape index (κ3) is 7.40. The molecule has 1 unspecified atom stereocenters. The van der Waals surface area contributed by atoms with E-state index in [4.69, 9.17) is 16.3 Å². The van der Waals surface area contributed by atoms with E-state index in [0.717, 1.165) is 18.4 Å². The lowest BCUT2D eigenvalue weighted by Crippen LogP contribution is -2.36. The van der Waals surface area contributed by atoms with E-state index in [-0.39, 0.29) is 25.0 Å². The third-order valence-electron chi connectivity index (χ3n) is 3.74. The van der Waals surface area contributed by atoms with Crippen LogP contribution in [0.4, 0.5) is 0 Å². The number of carbonyl (C=O) groups is 2. The van der Waals surface area contributed by atoms with Crippen molar-refractivity contribution in [3.63, 3.8) is 0 Å². The van der Waals surface area contributed by atoms with Crippen LogP contribution in [0.2, 0.25) is 5.02 Å². The molecule has 2 aromatic rings. The highest BCUT2D eigenvalue weighted by molar-refractivity contribution is 6.30. The van der Waals surface area contributed by atoms with Crippen molar-refractivity contribution < 1.29 is 14.3 Å². The zero-order chi connectivity index (χ0) is 18.1. The van der Waals surface area contributed by atoms with Crippen LogP contribution in [0.5, 0.6) is 0 Å². The molecule has 5 heteroatoms. The summed E-state index contributed by atoms with van der Waals surface area (Å²) in [5, 5.41) is 3.46. The largest absolute Gasteiger partial charge is 0.455 e. The summed E-state index contributed by atoms with van der Waals surface area (Å²) in [6, 6.07) is 17.1. The topological polar surface area (TPSA) is 55.4 Å². The Kier molecular flexibility index (Phi) is 7.48. The van der Waals surface area contributed by atoms with Gasteiger partial charge >= 0.3 is 5.97 Å². The molecule has 1 amide bonds. The number of carbonyl (C=O) groups excluding carboxylic acids is 2. The first-order chi connectivity index (χ1) is 12.0. The smallest absolute Gasteiger partial charge is 0.310 e. The maximum Gasteiger partial charge on any atom is 0.310 e. The molecule has 0 radical (unpaired) electrons. The maximum atomic E-state index is 11.9. The van der Waals surface area contributed by atoms with Gasteiger partial charge < -0.3 is 10.1 Å². The van der Waals surface area contributed by atoms with Crippen molar-refractivity contribution in [1.82, 2.24) is 5.32 Å². The molecule has 0 saturated heterocycles. The first kappa shape index (κ1) is 19.0. The number of rotatable bonds is 8. The number of aryl methyl sites for hydroxylation is 1. The summed E-state index contributed by atoms with van der Waals surface area (Å²) in [5.74, 6) is -0.723. The first-order valence-corrected chi connectivity index (χ1v) is 8.64. The summed E-state index contributed by atoms with van der Waals surface area (Å²) < 4.78 is 5.02. The molecule has 25 heavy (non-hydrogen) atoms. The van der Waals surface area contributed by atoms with E-state index in [1.165, 1.54) is 5.56 Å². The molecular weight excluding hydrogens is 338 g/mol. The Hall–Kier alpha value is -2.33. The number of ether oxygens (including phenoxy) is 1. The second-order valence-electron chi connectivity index (χ2n) is 5.96. The Morgan fingerprint density at radius 1 is 1.04 bits per heavy atom. The minimum absolute atomic E-state index is 0.0164. The van der Waals surface area contributed by atoms with Crippen molar-refractivity contribution >= 4 is 23.5 Å². The van der Waals surface area contributed by atoms with Crippen LogP contribution in [-0.4, -0.2) is 24.5 Å². The van der Waals surface area contributed by atoms with Gasteiger partial charge in [-0.05, 0) is 43.0 Å². The Morgan fingerprint density at radius 3 is 2.40 bits per heavy atom. The van der Waals surface area contributed by atoms with E-state index in [1.807, 2.05) is 25.1 Å².